The zero-order valence-electron chi connectivity index (χ0n) is 10.2. The van der Waals surface area contributed by atoms with Gasteiger partial charge in [0.25, 0.3) is 0 Å². The van der Waals surface area contributed by atoms with Crippen molar-refractivity contribution in [3.05, 3.63) is 0 Å². The number of hydrogen-bond acceptors (Lipinski definition) is 4. The number of alkyl halides is 3. The Morgan fingerprint density at radius 2 is 2.11 bits per heavy atom. The Bertz CT molecular complexity index is 373. The number of amides is 1. The van der Waals surface area contributed by atoms with Crippen LogP contribution in [0.4, 0.5) is 13.2 Å². The average molecular weight is 280 g/mol. The predicted octanol–water partition coefficient (Wildman–Crippen LogP) is 0.445. The van der Waals surface area contributed by atoms with E-state index < -0.39 is 18.2 Å². The van der Waals surface area contributed by atoms with Crippen LogP contribution in [0.5, 0.6) is 0 Å². The van der Waals surface area contributed by atoms with Gasteiger partial charge in [0.1, 0.15) is 6.10 Å². The Hall–Kier alpha value is -1.31. The predicted molar refractivity (Wildman–Crippen MR) is 58.2 cm³/mol. The molecule has 0 unspecified atom stereocenters. The molecule has 5 nitrogen and oxygen atoms in total. The Morgan fingerprint density at radius 3 is 2.74 bits per heavy atom. The van der Waals surface area contributed by atoms with E-state index in [0.29, 0.717) is 25.9 Å². The first-order valence-electron chi connectivity index (χ1n) is 6.16. The summed E-state index contributed by atoms with van der Waals surface area (Å²) in [5.41, 5.74) is 0. The smallest absolute Gasteiger partial charge is 0.456 e. The number of ether oxygens (including phenoxy) is 1. The van der Waals surface area contributed by atoms with Crippen LogP contribution in [-0.4, -0.2) is 54.7 Å². The summed E-state index contributed by atoms with van der Waals surface area (Å²) in [7, 11) is 0. The van der Waals surface area contributed by atoms with Gasteiger partial charge in [-0.05, 0) is 12.8 Å². The van der Waals surface area contributed by atoms with Crippen LogP contribution in [0.1, 0.15) is 19.3 Å². The van der Waals surface area contributed by atoms with Crippen molar-refractivity contribution >= 4 is 11.9 Å². The third-order valence-corrected chi connectivity index (χ3v) is 3.43. The van der Waals surface area contributed by atoms with E-state index in [4.69, 9.17) is 0 Å². The maximum Gasteiger partial charge on any atom is 0.490 e. The van der Waals surface area contributed by atoms with Crippen LogP contribution in [0.25, 0.3) is 0 Å². The van der Waals surface area contributed by atoms with Crippen molar-refractivity contribution in [1.82, 2.24) is 10.2 Å². The SMILES string of the molecule is O=C1CNCCN1[C@@H]1CC[C@@H](OC(=O)C(F)(F)F)C1. The van der Waals surface area contributed by atoms with Crippen LogP contribution >= 0.6 is 0 Å². The molecule has 0 spiro atoms. The average Bonchev–Trinajstić information content (AvgIpc) is 2.76. The molecule has 0 bridgehead atoms. The number of carbonyl (C=O) groups is 2. The maximum atomic E-state index is 12.1. The molecule has 1 amide bonds. The van der Waals surface area contributed by atoms with Crippen molar-refractivity contribution in [2.75, 3.05) is 19.6 Å². The van der Waals surface area contributed by atoms with Crippen molar-refractivity contribution < 1.29 is 27.5 Å². The van der Waals surface area contributed by atoms with Gasteiger partial charge in [-0.25, -0.2) is 4.79 Å². The Morgan fingerprint density at radius 1 is 1.37 bits per heavy atom. The lowest BCUT2D eigenvalue weighted by atomic mass is 10.2. The molecule has 0 aromatic carbocycles. The molecule has 1 N–H and O–H groups in total. The van der Waals surface area contributed by atoms with Crippen LogP contribution in [-0.2, 0) is 14.3 Å². The Kier molecular flexibility index (Phi) is 3.98. The van der Waals surface area contributed by atoms with Gasteiger partial charge >= 0.3 is 12.1 Å². The standard InChI is InChI=1S/C11H15F3N2O3/c12-11(13,14)10(18)19-8-2-1-7(5-8)16-4-3-15-6-9(16)17/h7-8,15H,1-6H2/t7-,8-/m1/s1. The number of halogens is 3. The molecule has 0 radical (unpaired) electrons. The van der Waals surface area contributed by atoms with Crippen LogP contribution in [0.2, 0.25) is 0 Å². The lowest BCUT2D eigenvalue weighted by Crippen LogP contribution is -2.51. The van der Waals surface area contributed by atoms with E-state index in [0.717, 1.165) is 0 Å². The first-order valence-corrected chi connectivity index (χ1v) is 6.16. The quantitative estimate of drug-likeness (QED) is 0.746. The lowest BCUT2D eigenvalue weighted by Gasteiger charge is -2.32. The first kappa shape index (κ1) is 14.1. The van der Waals surface area contributed by atoms with Crippen molar-refractivity contribution in [3.63, 3.8) is 0 Å². The van der Waals surface area contributed by atoms with Crippen LogP contribution in [0.3, 0.4) is 0 Å². The van der Waals surface area contributed by atoms with Gasteiger partial charge in [0.05, 0.1) is 6.54 Å². The third-order valence-electron chi connectivity index (χ3n) is 3.43. The van der Waals surface area contributed by atoms with Crippen molar-refractivity contribution in [2.45, 2.75) is 37.6 Å². The summed E-state index contributed by atoms with van der Waals surface area (Å²) in [5, 5.41) is 2.93. The number of nitrogens with one attached hydrogen (secondary N) is 1. The number of nitrogens with zero attached hydrogens (tertiary/aromatic N) is 1. The summed E-state index contributed by atoms with van der Waals surface area (Å²) in [5.74, 6) is -2.20. The molecule has 1 aliphatic carbocycles. The third kappa shape index (κ3) is 3.37. The van der Waals surface area contributed by atoms with E-state index in [2.05, 4.69) is 10.1 Å². The molecular formula is C11H15F3N2O3. The van der Waals surface area contributed by atoms with E-state index in [1.54, 1.807) is 4.90 Å². The van der Waals surface area contributed by atoms with Gasteiger partial charge in [0, 0.05) is 25.6 Å². The highest BCUT2D eigenvalue weighted by molar-refractivity contribution is 5.79. The molecule has 1 heterocycles. The van der Waals surface area contributed by atoms with Gasteiger partial charge in [0.15, 0.2) is 0 Å². The highest BCUT2D eigenvalue weighted by Crippen LogP contribution is 2.29. The minimum absolute atomic E-state index is 0.0564. The molecule has 8 heteroatoms. The molecule has 2 fully saturated rings. The minimum atomic E-state index is -4.96. The molecule has 1 saturated heterocycles. The van der Waals surface area contributed by atoms with E-state index in [9.17, 15) is 22.8 Å². The van der Waals surface area contributed by atoms with Crippen molar-refractivity contribution in [1.29, 1.82) is 0 Å². The van der Waals surface area contributed by atoms with Gasteiger partial charge in [0.2, 0.25) is 5.91 Å². The maximum absolute atomic E-state index is 12.1. The fraction of sp³-hybridized carbons (Fsp3) is 0.818. The summed E-state index contributed by atoms with van der Waals surface area (Å²) in [4.78, 5) is 24.0. The fourth-order valence-electron chi connectivity index (χ4n) is 2.53. The highest BCUT2D eigenvalue weighted by atomic mass is 19.4. The van der Waals surface area contributed by atoms with Gasteiger partial charge in [-0.1, -0.05) is 0 Å². The normalized spacial score (nSPS) is 28.6. The second-order valence-electron chi connectivity index (χ2n) is 4.76. The molecule has 0 aromatic heterocycles. The van der Waals surface area contributed by atoms with Gasteiger partial charge < -0.3 is 15.0 Å². The molecule has 2 atom stereocenters. The molecule has 1 aliphatic heterocycles. The number of hydrogen-bond donors (Lipinski definition) is 1. The second-order valence-corrected chi connectivity index (χ2v) is 4.76. The summed E-state index contributed by atoms with van der Waals surface area (Å²) < 4.78 is 40.6. The van der Waals surface area contributed by atoms with Crippen LogP contribution in [0.15, 0.2) is 0 Å². The van der Waals surface area contributed by atoms with Crippen molar-refractivity contribution in [2.24, 2.45) is 0 Å². The number of rotatable bonds is 2. The highest BCUT2D eigenvalue weighted by Gasteiger charge is 2.44. The number of esters is 1. The monoisotopic (exact) mass is 280 g/mol. The van der Waals surface area contributed by atoms with Gasteiger partial charge in [-0.3, -0.25) is 4.79 Å². The molecular weight excluding hydrogens is 265 g/mol. The largest absolute Gasteiger partial charge is 0.490 e. The van der Waals surface area contributed by atoms with Crippen molar-refractivity contribution in [3.8, 4) is 0 Å². The first-order chi connectivity index (χ1) is 8.88. The Balaban J connectivity index is 1.86. The molecule has 1 saturated carbocycles. The topological polar surface area (TPSA) is 58.6 Å². The summed E-state index contributed by atoms with van der Waals surface area (Å²) in [6.07, 6.45) is -4.48. The van der Waals surface area contributed by atoms with Crippen LogP contribution in [0, 0.1) is 0 Å². The summed E-state index contributed by atoms with van der Waals surface area (Å²) in [6, 6.07) is -0.124. The van der Waals surface area contributed by atoms with E-state index in [-0.39, 0.29) is 24.9 Å². The molecule has 0 aromatic rings. The lowest BCUT2D eigenvalue weighted by molar-refractivity contribution is -0.204. The summed E-state index contributed by atoms with van der Waals surface area (Å²) >= 11 is 0. The number of piperazine rings is 1. The molecule has 2 aliphatic rings. The number of carbonyl (C=O) groups excluding carboxylic acids is 2. The molecule has 19 heavy (non-hydrogen) atoms. The molecule has 108 valence electrons. The van der Waals surface area contributed by atoms with E-state index in [1.807, 2.05) is 0 Å². The fourth-order valence-corrected chi connectivity index (χ4v) is 2.53. The Labute approximate surface area is 108 Å². The van der Waals surface area contributed by atoms with Gasteiger partial charge in [-0.15, -0.1) is 0 Å². The van der Waals surface area contributed by atoms with Gasteiger partial charge in [-0.2, -0.15) is 13.2 Å². The second kappa shape index (κ2) is 5.36. The van der Waals surface area contributed by atoms with E-state index in [1.165, 1.54) is 0 Å². The minimum Gasteiger partial charge on any atom is -0.456 e. The zero-order chi connectivity index (χ0) is 14.0. The van der Waals surface area contributed by atoms with E-state index >= 15 is 0 Å². The summed E-state index contributed by atoms with van der Waals surface area (Å²) in [6.45, 7) is 1.47. The van der Waals surface area contributed by atoms with Crippen LogP contribution < -0.4 is 5.32 Å². The zero-order valence-corrected chi connectivity index (χ0v) is 10.2. The molecule has 2 rings (SSSR count).